The first-order valence-electron chi connectivity index (χ1n) is 10.4. The molecule has 0 unspecified atom stereocenters. The maximum absolute atomic E-state index is 14.0. The Kier molecular flexibility index (Phi) is 5.88. The highest BCUT2D eigenvalue weighted by atomic mass is 19.1. The molecule has 4 rings (SSSR count). The largest absolute Gasteiger partial charge is 0.366 e. The van der Waals surface area contributed by atoms with Crippen LogP contribution in [0.2, 0.25) is 0 Å². The summed E-state index contributed by atoms with van der Waals surface area (Å²) in [7, 11) is 3.56. The average Bonchev–Trinajstić information content (AvgIpc) is 2.78. The molecule has 0 spiro atoms. The second kappa shape index (κ2) is 8.75. The third kappa shape index (κ3) is 4.23. The van der Waals surface area contributed by atoms with Gasteiger partial charge in [0.15, 0.2) is 5.82 Å². The maximum Gasteiger partial charge on any atom is 0.293 e. The fourth-order valence-electron chi connectivity index (χ4n) is 3.96. The van der Waals surface area contributed by atoms with Crippen LogP contribution in [0.15, 0.2) is 53.3 Å². The molecule has 0 bridgehead atoms. The molecule has 0 saturated carbocycles. The lowest BCUT2D eigenvalue weighted by Crippen LogP contribution is -2.49. The Balaban J connectivity index is 1.45. The Morgan fingerprint density at radius 1 is 1.03 bits per heavy atom. The van der Waals surface area contributed by atoms with Crippen LogP contribution in [-0.2, 0) is 11.3 Å². The van der Waals surface area contributed by atoms with Crippen LogP contribution >= 0.6 is 0 Å². The normalized spacial score (nSPS) is 14.2. The Bertz CT molecular complexity index is 1150. The monoisotopic (exact) mass is 423 g/mol. The number of carbonyl (C=O) groups excluding carboxylic acids is 1. The SMILES string of the molecule is CN(C)c1nc2ccccc2n(CCC(=O)N2CCN(c3ccccc3F)CC2)c1=O. The Morgan fingerprint density at radius 2 is 1.71 bits per heavy atom. The van der Waals surface area contributed by atoms with Crippen molar-refractivity contribution in [1.29, 1.82) is 0 Å². The molecule has 1 aromatic heterocycles. The maximum atomic E-state index is 14.0. The molecule has 1 saturated heterocycles. The molecule has 0 aliphatic carbocycles. The van der Waals surface area contributed by atoms with Crippen molar-refractivity contribution in [3.8, 4) is 0 Å². The predicted molar refractivity (Wildman–Crippen MR) is 120 cm³/mol. The van der Waals surface area contributed by atoms with E-state index < -0.39 is 0 Å². The number of para-hydroxylation sites is 3. The van der Waals surface area contributed by atoms with Crippen LogP contribution in [0.5, 0.6) is 0 Å². The number of piperazine rings is 1. The van der Waals surface area contributed by atoms with Gasteiger partial charge in [-0.3, -0.25) is 9.59 Å². The van der Waals surface area contributed by atoms with E-state index in [-0.39, 0.29) is 30.2 Å². The number of aryl methyl sites for hydroxylation is 1. The fraction of sp³-hybridized carbons (Fsp3) is 0.348. The Labute approximate surface area is 180 Å². The van der Waals surface area contributed by atoms with E-state index in [0.717, 1.165) is 11.0 Å². The molecular weight excluding hydrogens is 397 g/mol. The van der Waals surface area contributed by atoms with Gasteiger partial charge in [-0.15, -0.1) is 0 Å². The minimum atomic E-state index is -0.247. The standard InChI is InChI=1S/C23H26FN5O2/c1-26(2)22-23(31)29(20-10-6-4-8-18(20)25-22)12-11-21(30)28-15-13-27(14-16-28)19-9-5-3-7-17(19)24/h3-10H,11-16H2,1-2H3. The zero-order valence-corrected chi connectivity index (χ0v) is 17.8. The molecule has 8 heteroatoms. The second-order valence-corrected chi connectivity index (χ2v) is 7.84. The third-order valence-electron chi connectivity index (χ3n) is 5.63. The molecule has 2 heterocycles. The number of benzene rings is 2. The fourth-order valence-corrected chi connectivity index (χ4v) is 3.96. The summed E-state index contributed by atoms with van der Waals surface area (Å²) in [6.45, 7) is 2.50. The topological polar surface area (TPSA) is 61.7 Å². The first-order chi connectivity index (χ1) is 15.0. The Morgan fingerprint density at radius 3 is 2.42 bits per heavy atom. The molecule has 1 aliphatic rings. The molecule has 0 N–H and O–H groups in total. The molecule has 1 amide bonds. The van der Waals surface area contributed by atoms with Crippen LogP contribution in [-0.4, -0.2) is 60.6 Å². The van der Waals surface area contributed by atoms with Crippen LogP contribution in [0.4, 0.5) is 15.9 Å². The molecule has 162 valence electrons. The van der Waals surface area contributed by atoms with Crippen molar-refractivity contribution in [2.75, 3.05) is 50.1 Å². The van der Waals surface area contributed by atoms with Crippen LogP contribution in [0, 0.1) is 5.82 Å². The van der Waals surface area contributed by atoms with E-state index in [1.807, 2.05) is 35.2 Å². The molecule has 2 aromatic carbocycles. The highest BCUT2D eigenvalue weighted by Gasteiger charge is 2.23. The lowest BCUT2D eigenvalue weighted by molar-refractivity contribution is -0.131. The first-order valence-corrected chi connectivity index (χ1v) is 10.4. The minimum Gasteiger partial charge on any atom is -0.366 e. The number of amides is 1. The minimum absolute atomic E-state index is 0.00706. The number of hydrogen-bond acceptors (Lipinski definition) is 5. The molecule has 7 nitrogen and oxygen atoms in total. The lowest BCUT2D eigenvalue weighted by atomic mass is 10.2. The zero-order valence-electron chi connectivity index (χ0n) is 17.8. The van der Waals surface area contributed by atoms with E-state index >= 15 is 0 Å². The van der Waals surface area contributed by atoms with E-state index in [0.29, 0.717) is 37.7 Å². The molecule has 3 aromatic rings. The van der Waals surface area contributed by atoms with Gasteiger partial charge >= 0.3 is 0 Å². The summed E-state index contributed by atoms with van der Waals surface area (Å²) >= 11 is 0. The number of hydrogen-bond donors (Lipinski definition) is 0. The van der Waals surface area contributed by atoms with Gasteiger partial charge in [0, 0.05) is 53.2 Å². The van der Waals surface area contributed by atoms with E-state index in [1.165, 1.54) is 6.07 Å². The highest BCUT2D eigenvalue weighted by Crippen LogP contribution is 2.20. The number of halogens is 1. The third-order valence-corrected chi connectivity index (χ3v) is 5.63. The number of fused-ring (bicyclic) bond motifs is 1. The summed E-state index contributed by atoms with van der Waals surface area (Å²) in [6, 6.07) is 14.1. The molecule has 31 heavy (non-hydrogen) atoms. The van der Waals surface area contributed by atoms with Crippen molar-refractivity contribution in [3.63, 3.8) is 0 Å². The van der Waals surface area contributed by atoms with Gasteiger partial charge in [0.1, 0.15) is 5.82 Å². The van der Waals surface area contributed by atoms with E-state index in [2.05, 4.69) is 4.98 Å². The lowest BCUT2D eigenvalue weighted by Gasteiger charge is -2.36. The second-order valence-electron chi connectivity index (χ2n) is 7.84. The van der Waals surface area contributed by atoms with Crippen LogP contribution in [0.3, 0.4) is 0 Å². The van der Waals surface area contributed by atoms with Crippen LogP contribution < -0.4 is 15.4 Å². The highest BCUT2D eigenvalue weighted by molar-refractivity contribution is 5.78. The predicted octanol–water partition coefficient (Wildman–Crippen LogP) is 2.34. The number of carbonyl (C=O) groups is 1. The van der Waals surface area contributed by atoms with E-state index in [9.17, 15) is 14.0 Å². The summed E-state index contributed by atoms with van der Waals surface area (Å²) in [5.74, 6) is 0.0972. The quantitative estimate of drug-likeness (QED) is 0.631. The van der Waals surface area contributed by atoms with Gasteiger partial charge in [0.05, 0.1) is 16.7 Å². The number of aromatic nitrogens is 2. The molecule has 0 atom stereocenters. The van der Waals surface area contributed by atoms with E-state index in [4.69, 9.17) is 0 Å². The van der Waals surface area contributed by atoms with Crippen molar-refractivity contribution in [1.82, 2.24) is 14.5 Å². The van der Waals surface area contributed by atoms with Crippen molar-refractivity contribution < 1.29 is 9.18 Å². The van der Waals surface area contributed by atoms with Crippen LogP contribution in [0.25, 0.3) is 11.0 Å². The number of rotatable bonds is 5. The van der Waals surface area contributed by atoms with Gasteiger partial charge in [-0.2, -0.15) is 0 Å². The Hall–Kier alpha value is -3.42. The first kappa shape index (κ1) is 20.8. The summed E-state index contributed by atoms with van der Waals surface area (Å²) in [5.41, 5.74) is 1.80. The molecule has 0 radical (unpaired) electrons. The molecule has 1 fully saturated rings. The van der Waals surface area contributed by atoms with Crippen molar-refractivity contribution in [2.45, 2.75) is 13.0 Å². The van der Waals surface area contributed by atoms with Crippen molar-refractivity contribution >= 4 is 28.4 Å². The average molecular weight is 423 g/mol. The van der Waals surface area contributed by atoms with Crippen molar-refractivity contribution in [3.05, 3.63) is 64.7 Å². The zero-order chi connectivity index (χ0) is 22.0. The molecule has 1 aliphatic heterocycles. The van der Waals surface area contributed by atoms with Gasteiger partial charge in [-0.1, -0.05) is 24.3 Å². The summed E-state index contributed by atoms with van der Waals surface area (Å²) in [6.07, 6.45) is 0.223. The smallest absolute Gasteiger partial charge is 0.293 e. The van der Waals surface area contributed by atoms with Crippen LogP contribution in [0.1, 0.15) is 6.42 Å². The number of anilines is 2. The number of nitrogens with zero attached hydrogens (tertiary/aromatic N) is 5. The van der Waals surface area contributed by atoms with Gasteiger partial charge in [-0.05, 0) is 24.3 Å². The van der Waals surface area contributed by atoms with Gasteiger partial charge in [0.2, 0.25) is 5.91 Å². The van der Waals surface area contributed by atoms with Gasteiger partial charge < -0.3 is 19.3 Å². The van der Waals surface area contributed by atoms with Crippen molar-refractivity contribution in [2.24, 2.45) is 0 Å². The summed E-state index contributed by atoms with van der Waals surface area (Å²) < 4.78 is 15.7. The van der Waals surface area contributed by atoms with Gasteiger partial charge in [0.25, 0.3) is 5.56 Å². The van der Waals surface area contributed by atoms with E-state index in [1.54, 1.807) is 40.6 Å². The van der Waals surface area contributed by atoms with Gasteiger partial charge in [-0.25, -0.2) is 9.37 Å². The summed E-state index contributed by atoms with van der Waals surface area (Å²) in [5, 5.41) is 0. The molecular formula is C23H26FN5O2. The summed E-state index contributed by atoms with van der Waals surface area (Å²) in [4.78, 5) is 35.7.